The second kappa shape index (κ2) is 7.48. The van der Waals surface area contributed by atoms with Gasteiger partial charge in [0.05, 0.1) is 0 Å². The monoisotopic (exact) mass is 360 g/mol. The summed E-state index contributed by atoms with van der Waals surface area (Å²) in [6.45, 7) is 9.94. The van der Waals surface area contributed by atoms with Gasteiger partial charge in [0.1, 0.15) is 11.5 Å². The van der Waals surface area contributed by atoms with Gasteiger partial charge >= 0.3 is 0 Å². The fourth-order valence-electron chi connectivity index (χ4n) is 3.88. The van der Waals surface area contributed by atoms with Gasteiger partial charge in [0, 0.05) is 5.92 Å². The molecule has 2 heteroatoms. The van der Waals surface area contributed by atoms with E-state index in [1.165, 1.54) is 11.1 Å². The van der Waals surface area contributed by atoms with Crippen molar-refractivity contribution >= 4 is 0 Å². The molecule has 0 atom stereocenters. The van der Waals surface area contributed by atoms with Gasteiger partial charge in [-0.1, -0.05) is 55.5 Å². The number of hydrogen-bond donors (Lipinski definition) is 2. The van der Waals surface area contributed by atoms with E-state index in [1.54, 1.807) is 0 Å². The van der Waals surface area contributed by atoms with Gasteiger partial charge < -0.3 is 10.2 Å². The molecule has 0 unspecified atom stereocenters. The second-order valence-electron chi connectivity index (χ2n) is 7.54. The Hall–Kier alpha value is -2.74. The zero-order valence-electron chi connectivity index (χ0n) is 16.8. The quantitative estimate of drug-likeness (QED) is 0.554. The molecule has 140 valence electrons. The topological polar surface area (TPSA) is 40.5 Å². The first kappa shape index (κ1) is 19.0. The average molecular weight is 360 g/mol. The van der Waals surface area contributed by atoms with Crippen LogP contribution in [0, 0.1) is 27.7 Å². The van der Waals surface area contributed by atoms with Gasteiger partial charge in [-0.25, -0.2) is 0 Å². The van der Waals surface area contributed by atoms with Crippen LogP contribution in [0.2, 0.25) is 0 Å². The lowest BCUT2D eigenvalue weighted by Crippen LogP contribution is -2.06. The highest BCUT2D eigenvalue weighted by molar-refractivity contribution is 5.53. The summed E-state index contributed by atoms with van der Waals surface area (Å²) in [7, 11) is 0. The zero-order chi connectivity index (χ0) is 19.7. The highest BCUT2D eigenvalue weighted by Crippen LogP contribution is 2.38. The van der Waals surface area contributed by atoms with E-state index in [0.29, 0.717) is 11.5 Å². The van der Waals surface area contributed by atoms with Crippen LogP contribution in [0.3, 0.4) is 0 Å². The van der Waals surface area contributed by atoms with E-state index in [9.17, 15) is 10.2 Å². The Balaban J connectivity index is 2.27. The first-order valence-electron chi connectivity index (χ1n) is 9.50. The molecule has 27 heavy (non-hydrogen) atoms. The molecule has 0 aliphatic carbocycles. The molecule has 0 radical (unpaired) electrons. The summed E-state index contributed by atoms with van der Waals surface area (Å²) >= 11 is 0. The SMILES string of the molecule is CCc1cccc(C(c2cc(C)c(O)c(C)c2)c2cc(C)c(O)c(C)c2)c1. The summed E-state index contributed by atoms with van der Waals surface area (Å²) in [4.78, 5) is 0. The lowest BCUT2D eigenvalue weighted by atomic mass is 9.82. The molecule has 0 bridgehead atoms. The molecule has 0 heterocycles. The van der Waals surface area contributed by atoms with E-state index >= 15 is 0 Å². The zero-order valence-corrected chi connectivity index (χ0v) is 16.8. The smallest absolute Gasteiger partial charge is 0.121 e. The van der Waals surface area contributed by atoms with Crippen LogP contribution >= 0.6 is 0 Å². The maximum atomic E-state index is 10.2. The summed E-state index contributed by atoms with van der Waals surface area (Å²) in [5.74, 6) is 0.767. The van der Waals surface area contributed by atoms with Crippen LogP contribution in [0.25, 0.3) is 0 Å². The van der Waals surface area contributed by atoms with Crippen LogP contribution in [0.1, 0.15) is 57.3 Å². The van der Waals surface area contributed by atoms with E-state index in [1.807, 2.05) is 27.7 Å². The summed E-state index contributed by atoms with van der Waals surface area (Å²) in [5, 5.41) is 20.5. The average Bonchev–Trinajstić information content (AvgIpc) is 2.64. The number of aryl methyl sites for hydroxylation is 5. The van der Waals surface area contributed by atoms with Gasteiger partial charge in [-0.05, 0) is 78.6 Å². The Bertz CT molecular complexity index is 882. The number of phenolic OH excluding ortho intramolecular Hbond substituents is 2. The van der Waals surface area contributed by atoms with Crippen LogP contribution in [0.15, 0.2) is 48.5 Å². The van der Waals surface area contributed by atoms with Gasteiger partial charge in [-0.3, -0.25) is 0 Å². The Morgan fingerprint density at radius 1 is 0.667 bits per heavy atom. The van der Waals surface area contributed by atoms with Crippen molar-refractivity contribution in [3.63, 3.8) is 0 Å². The van der Waals surface area contributed by atoms with Gasteiger partial charge in [-0.2, -0.15) is 0 Å². The molecular formula is C25H28O2. The molecule has 0 aliphatic heterocycles. The Labute approximate surface area is 162 Å². The number of rotatable bonds is 4. The molecule has 2 N–H and O–H groups in total. The molecule has 0 spiro atoms. The second-order valence-corrected chi connectivity index (χ2v) is 7.54. The van der Waals surface area contributed by atoms with Crippen LogP contribution < -0.4 is 0 Å². The third-order valence-electron chi connectivity index (χ3n) is 5.39. The fourth-order valence-corrected chi connectivity index (χ4v) is 3.88. The third kappa shape index (κ3) is 3.71. The first-order valence-corrected chi connectivity index (χ1v) is 9.50. The first-order chi connectivity index (χ1) is 12.8. The van der Waals surface area contributed by atoms with Gasteiger partial charge in [0.2, 0.25) is 0 Å². The van der Waals surface area contributed by atoms with Crippen LogP contribution in [0.5, 0.6) is 11.5 Å². The highest BCUT2D eigenvalue weighted by Gasteiger charge is 2.20. The summed E-state index contributed by atoms with van der Waals surface area (Å²) in [6.07, 6.45) is 0.988. The van der Waals surface area contributed by atoms with E-state index in [-0.39, 0.29) is 5.92 Å². The predicted molar refractivity (Wildman–Crippen MR) is 112 cm³/mol. The Morgan fingerprint density at radius 2 is 1.11 bits per heavy atom. The number of benzene rings is 3. The maximum absolute atomic E-state index is 10.2. The van der Waals surface area contributed by atoms with Crippen LogP contribution in [-0.4, -0.2) is 10.2 Å². The Kier molecular flexibility index (Phi) is 5.27. The molecule has 0 aromatic heterocycles. The van der Waals surface area contributed by atoms with E-state index < -0.39 is 0 Å². The summed E-state index contributed by atoms with van der Waals surface area (Å²) in [6, 6.07) is 17.0. The minimum atomic E-state index is 0.0486. The number of hydrogen-bond acceptors (Lipinski definition) is 2. The van der Waals surface area contributed by atoms with Crippen LogP contribution in [-0.2, 0) is 6.42 Å². The lowest BCUT2D eigenvalue weighted by Gasteiger charge is -2.22. The number of phenols is 2. The van der Waals surface area contributed by atoms with Crippen molar-refractivity contribution in [3.8, 4) is 11.5 Å². The summed E-state index contributed by atoms with van der Waals surface area (Å²) < 4.78 is 0. The van der Waals surface area contributed by atoms with E-state index in [2.05, 4.69) is 55.5 Å². The fraction of sp³-hybridized carbons (Fsp3) is 0.280. The molecule has 0 amide bonds. The van der Waals surface area contributed by atoms with Crippen molar-refractivity contribution in [1.82, 2.24) is 0 Å². The standard InChI is InChI=1S/C25H28O2/c1-6-19-8-7-9-20(14-19)23(21-10-15(2)24(26)16(3)11-21)22-12-17(4)25(27)18(5)13-22/h7-14,23,26-27H,6H2,1-5H3. The largest absolute Gasteiger partial charge is 0.507 e. The molecule has 3 aromatic rings. The van der Waals surface area contributed by atoms with Gasteiger partial charge in [0.15, 0.2) is 0 Å². The minimum absolute atomic E-state index is 0.0486. The third-order valence-corrected chi connectivity index (χ3v) is 5.39. The highest BCUT2D eigenvalue weighted by atomic mass is 16.3. The molecular weight excluding hydrogens is 332 g/mol. The van der Waals surface area contributed by atoms with E-state index in [4.69, 9.17) is 0 Å². The van der Waals surface area contributed by atoms with Crippen molar-refractivity contribution in [2.45, 2.75) is 47.0 Å². The Morgan fingerprint density at radius 3 is 1.52 bits per heavy atom. The predicted octanol–water partition coefficient (Wildman–Crippen LogP) is 6.07. The molecule has 2 nitrogen and oxygen atoms in total. The maximum Gasteiger partial charge on any atom is 0.121 e. The normalized spacial score (nSPS) is 11.2. The lowest BCUT2D eigenvalue weighted by molar-refractivity contribution is 0.466. The molecule has 0 saturated carbocycles. The van der Waals surface area contributed by atoms with Crippen molar-refractivity contribution in [2.75, 3.05) is 0 Å². The van der Waals surface area contributed by atoms with Crippen molar-refractivity contribution in [3.05, 3.63) is 93.0 Å². The van der Waals surface area contributed by atoms with Crippen molar-refractivity contribution < 1.29 is 10.2 Å². The molecule has 0 fully saturated rings. The molecule has 0 saturated heterocycles. The number of aromatic hydroxyl groups is 2. The minimum Gasteiger partial charge on any atom is -0.507 e. The van der Waals surface area contributed by atoms with Crippen molar-refractivity contribution in [2.24, 2.45) is 0 Å². The van der Waals surface area contributed by atoms with Crippen LogP contribution in [0.4, 0.5) is 0 Å². The molecule has 0 aliphatic rings. The molecule has 3 aromatic carbocycles. The molecule has 3 rings (SSSR count). The van der Waals surface area contributed by atoms with E-state index in [0.717, 1.165) is 39.8 Å². The van der Waals surface area contributed by atoms with Crippen molar-refractivity contribution in [1.29, 1.82) is 0 Å². The van der Waals surface area contributed by atoms with Gasteiger partial charge in [-0.15, -0.1) is 0 Å². The summed E-state index contributed by atoms with van der Waals surface area (Å²) in [5.41, 5.74) is 8.37. The van der Waals surface area contributed by atoms with Gasteiger partial charge in [0.25, 0.3) is 0 Å².